The fraction of sp³-hybridized carbons (Fsp3) is 0.636. The Balaban J connectivity index is 1.14. The number of allylic oxidation sites excluding steroid dienone is 4. The van der Waals surface area contributed by atoms with Crippen LogP contribution < -0.4 is 0 Å². The topological polar surface area (TPSA) is 98.6 Å². The van der Waals surface area contributed by atoms with Gasteiger partial charge in [0, 0.05) is 28.9 Å². The van der Waals surface area contributed by atoms with E-state index in [1.165, 1.54) is 35.9 Å². The maximum absolute atomic E-state index is 14.6. The van der Waals surface area contributed by atoms with E-state index in [4.69, 9.17) is 14.5 Å². The lowest BCUT2D eigenvalue weighted by Gasteiger charge is -2.59. The Bertz CT molecular complexity index is 1480. The van der Waals surface area contributed by atoms with E-state index in [-0.39, 0.29) is 52.9 Å². The summed E-state index contributed by atoms with van der Waals surface area (Å²) in [6.45, 7) is 4.39. The molecule has 6 aliphatic rings. The molecule has 5 fully saturated rings. The van der Waals surface area contributed by atoms with Gasteiger partial charge in [0.1, 0.15) is 10.3 Å². The van der Waals surface area contributed by atoms with Gasteiger partial charge in [-0.1, -0.05) is 61.4 Å². The zero-order valence-electron chi connectivity index (χ0n) is 24.2. The SMILES string of the molecule is CC12C=CC(=O)C=C1CCC1C2[C@@H](O)CC2(C)C1C[C@@H]1OC(C3CCCC3)O[C@]12C(=O)CSc1nc2cccnc2s1. The molecule has 9 atom stereocenters. The molecule has 2 aromatic heterocycles. The van der Waals surface area contributed by atoms with E-state index in [2.05, 4.69) is 18.8 Å². The minimum absolute atomic E-state index is 0.00107. The number of nitrogens with zero attached hydrogens (tertiary/aromatic N) is 2. The molecule has 1 aliphatic heterocycles. The molecule has 6 unspecified atom stereocenters. The Hall–Kier alpha value is -1.91. The number of aliphatic hydroxyl groups excluding tert-OH is 1. The van der Waals surface area contributed by atoms with E-state index in [9.17, 15) is 14.7 Å². The second kappa shape index (κ2) is 9.80. The highest BCUT2D eigenvalue weighted by molar-refractivity contribution is 8.01. The van der Waals surface area contributed by atoms with Crippen LogP contribution in [0.15, 0.2) is 46.5 Å². The average Bonchev–Trinajstić information content (AvgIpc) is 3.75. The fourth-order valence-corrected chi connectivity index (χ4v) is 12.0. The van der Waals surface area contributed by atoms with Crippen molar-refractivity contribution in [1.29, 1.82) is 0 Å². The van der Waals surface area contributed by atoms with Gasteiger partial charge in [0.25, 0.3) is 0 Å². The highest BCUT2D eigenvalue weighted by atomic mass is 32.2. The van der Waals surface area contributed by atoms with Crippen LogP contribution in [0.5, 0.6) is 0 Å². The molecule has 2 aromatic rings. The van der Waals surface area contributed by atoms with Crippen molar-refractivity contribution in [3.63, 3.8) is 0 Å². The molecule has 9 heteroatoms. The van der Waals surface area contributed by atoms with Crippen LogP contribution in [0, 0.1) is 34.5 Å². The van der Waals surface area contributed by atoms with Gasteiger partial charge in [-0.15, -0.1) is 0 Å². The number of ether oxygens (including phenoxy) is 2. The largest absolute Gasteiger partial charge is 0.393 e. The van der Waals surface area contributed by atoms with Crippen molar-refractivity contribution in [1.82, 2.24) is 9.97 Å². The monoisotopic (exact) mass is 606 g/mol. The Morgan fingerprint density at radius 2 is 2.07 bits per heavy atom. The van der Waals surface area contributed by atoms with Crippen LogP contribution in [0.2, 0.25) is 0 Å². The van der Waals surface area contributed by atoms with E-state index in [1.54, 1.807) is 18.3 Å². The number of rotatable bonds is 5. The summed E-state index contributed by atoms with van der Waals surface area (Å²) in [7, 11) is 0. The minimum atomic E-state index is -1.09. The molecule has 0 bridgehead atoms. The number of ketones is 2. The first kappa shape index (κ1) is 27.6. The third-order valence-corrected chi connectivity index (χ3v) is 14.1. The zero-order valence-corrected chi connectivity index (χ0v) is 25.8. The van der Waals surface area contributed by atoms with Crippen molar-refractivity contribution >= 4 is 45.0 Å². The number of pyridine rings is 1. The fourth-order valence-electron chi connectivity index (χ4n) is 10.1. The van der Waals surface area contributed by atoms with Gasteiger partial charge in [-0.05, 0) is 74.6 Å². The van der Waals surface area contributed by atoms with Gasteiger partial charge in [-0.3, -0.25) is 9.59 Å². The summed E-state index contributed by atoms with van der Waals surface area (Å²) in [4.78, 5) is 36.9. The van der Waals surface area contributed by atoms with Gasteiger partial charge >= 0.3 is 0 Å². The summed E-state index contributed by atoms with van der Waals surface area (Å²) in [6, 6.07) is 3.83. The number of fused-ring (bicyclic) bond motifs is 8. The molecule has 8 rings (SSSR count). The van der Waals surface area contributed by atoms with Gasteiger partial charge in [0.2, 0.25) is 0 Å². The molecule has 5 aliphatic carbocycles. The third kappa shape index (κ3) is 3.82. The molecule has 1 N–H and O–H groups in total. The molecule has 0 amide bonds. The molecule has 0 aromatic carbocycles. The van der Waals surface area contributed by atoms with Crippen molar-refractivity contribution in [2.45, 2.75) is 93.7 Å². The Morgan fingerprint density at radius 3 is 2.88 bits per heavy atom. The summed E-state index contributed by atoms with van der Waals surface area (Å²) in [5.74, 6) is 1.07. The highest BCUT2D eigenvalue weighted by Crippen LogP contribution is 2.70. The van der Waals surface area contributed by atoms with Crippen LogP contribution in [0.1, 0.15) is 65.2 Å². The number of thioether (sulfide) groups is 1. The van der Waals surface area contributed by atoms with Crippen LogP contribution in [0.4, 0.5) is 0 Å². The van der Waals surface area contributed by atoms with Crippen LogP contribution in [0.3, 0.4) is 0 Å². The number of thiazole rings is 1. The van der Waals surface area contributed by atoms with Crippen LogP contribution in [-0.4, -0.2) is 56.5 Å². The number of carbonyl (C=O) groups is 2. The minimum Gasteiger partial charge on any atom is -0.393 e. The lowest BCUT2D eigenvalue weighted by molar-refractivity contribution is -0.205. The van der Waals surface area contributed by atoms with Crippen molar-refractivity contribution in [2.75, 3.05) is 5.75 Å². The van der Waals surface area contributed by atoms with E-state index in [0.29, 0.717) is 12.3 Å². The first-order valence-electron chi connectivity index (χ1n) is 15.6. The maximum atomic E-state index is 14.6. The van der Waals surface area contributed by atoms with Crippen LogP contribution >= 0.6 is 23.1 Å². The summed E-state index contributed by atoms with van der Waals surface area (Å²) >= 11 is 2.98. The van der Waals surface area contributed by atoms with Crippen LogP contribution in [0.25, 0.3) is 10.3 Å². The van der Waals surface area contributed by atoms with Gasteiger partial charge in [-0.25, -0.2) is 9.97 Å². The number of aromatic nitrogens is 2. The molecule has 0 radical (unpaired) electrons. The highest BCUT2D eigenvalue weighted by Gasteiger charge is 2.76. The molecule has 1 saturated heterocycles. The normalized spacial score (nSPS) is 42.7. The standard InChI is InChI=1S/C33H38N2O5S2/c1-31-12-11-20(36)14-19(31)9-10-21-22-15-26-33(32(22,2)16-24(37)27(21)31,40-29(39-26)18-6-3-4-7-18)25(38)17-41-30-35-23-8-5-13-34-28(23)42-30/h5,8,11-14,18,21-22,24,26-27,29,37H,3-4,6-7,9-10,15-17H2,1-2H3/t21?,22?,24-,26-,27?,29?,31?,32?,33+/m0/s1. The quantitative estimate of drug-likeness (QED) is 0.420. The van der Waals surface area contributed by atoms with E-state index in [0.717, 1.165) is 52.4 Å². The second-order valence-corrected chi connectivity index (χ2v) is 16.1. The van der Waals surface area contributed by atoms with Crippen molar-refractivity contribution in [3.8, 4) is 0 Å². The molecule has 0 spiro atoms. The summed E-state index contributed by atoms with van der Waals surface area (Å²) in [5.41, 5.74) is -0.00371. The van der Waals surface area contributed by atoms with Crippen molar-refractivity contribution in [2.24, 2.45) is 34.5 Å². The van der Waals surface area contributed by atoms with Gasteiger partial charge < -0.3 is 14.6 Å². The second-order valence-electron chi connectivity index (χ2n) is 13.9. The first-order valence-corrected chi connectivity index (χ1v) is 17.4. The molecule has 222 valence electrons. The smallest absolute Gasteiger partial charge is 0.178 e. The molecular weight excluding hydrogens is 569 g/mol. The lowest BCUT2D eigenvalue weighted by atomic mass is 9.46. The number of aliphatic hydroxyl groups is 1. The number of carbonyl (C=O) groups excluding carboxylic acids is 2. The van der Waals surface area contributed by atoms with Gasteiger partial charge in [0.05, 0.1) is 18.0 Å². The van der Waals surface area contributed by atoms with E-state index in [1.807, 2.05) is 18.2 Å². The third-order valence-electron chi connectivity index (χ3n) is 11.9. The van der Waals surface area contributed by atoms with Crippen molar-refractivity contribution in [3.05, 3.63) is 42.1 Å². The lowest BCUT2D eigenvalue weighted by Crippen LogP contribution is -2.63. The average molecular weight is 607 g/mol. The zero-order chi connectivity index (χ0) is 28.9. The summed E-state index contributed by atoms with van der Waals surface area (Å²) in [6.07, 6.45) is 13.5. The van der Waals surface area contributed by atoms with Gasteiger partial charge in [0.15, 0.2) is 27.8 Å². The van der Waals surface area contributed by atoms with E-state index < -0.39 is 17.1 Å². The predicted octanol–water partition coefficient (Wildman–Crippen LogP) is 5.91. The summed E-state index contributed by atoms with van der Waals surface area (Å²) in [5, 5.41) is 12.0. The summed E-state index contributed by atoms with van der Waals surface area (Å²) < 4.78 is 14.6. The maximum Gasteiger partial charge on any atom is 0.178 e. The van der Waals surface area contributed by atoms with Gasteiger partial charge in [-0.2, -0.15) is 0 Å². The molecule has 7 nitrogen and oxygen atoms in total. The number of Topliss-reactive ketones (excluding diaryl/α,β-unsaturated/α-hetero) is 1. The molecule has 42 heavy (non-hydrogen) atoms. The van der Waals surface area contributed by atoms with Crippen molar-refractivity contribution < 1.29 is 24.2 Å². The predicted molar refractivity (Wildman–Crippen MR) is 161 cm³/mol. The Morgan fingerprint density at radius 1 is 1.24 bits per heavy atom. The molecule has 4 saturated carbocycles. The molecule has 3 heterocycles. The Kier molecular flexibility index (Phi) is 6.44. The molecular formula is C33H38N2O5S2. The Labute approximate surface area is 254 Å². The number of hydrogen-bond donors (Lipinski definition) is 1. The van der Waals surface area contributed by atoms with E-state index >= 15 is 0 Å². The van der Waals surface area contributed by atoms with Crippen LogP contribution in [-0.2, 0) is 19.1 Å². The number of hydrogen-bond acceptors (Lipinski definition) is 9. The first-order chi connectivity index (χ1) is 20.2.